The molecule has 3 aromatic rings. The summed E-state index contributed by atoms with van der Waals surface area (Å²) in [5, 5.41) is 9.82. The normalized spacial score (nSPS) is 10.8. The molecule has 0 radical (unpaired) electrons. The van der Waals surface area contributed by atoms with Crippen molar-refractivity contribution in [3.8, 4) is 11.4 Å². The van der Waals surface area contributed by atoms with Crippen molar-refractivity contribution in [2.45, 2.75) is 13.5 Å². The number of benzene rings is 2. The Bertz CT molecular complexity index is 1010. The Balaban J connectivity index is 1.53. The molecule has 0 atom stereocenters. The van der Waals surface area contributed by atoms with Gasteiger partial charge < -0.3 is 15.2 Å². The van der Waals surface area contributed by atoms with Crippen LogP contribution in [0, 0.1) is 0 Å². The molecule has 2 amide bonds. The third-order valence-corrected chi connectivity index (χ3v) is 3.86. The van der Waals surface area contributed by atoms with Crippen molar-refractivity contribution in [3.05, 3.63) is 71.1 Å². The molecular weight excluding hydrogens is 380 g/mol. The Morgan fingerprint density at radius 2 is 1.96 bits per heavy atom. The van der Waals surface area contributed by atoms with E-state index < -0.39 is 0 Å². The third kappa shape index (κ3) is 5.52. The maximum Gasteiger partial charge on any atom is 0.246 e. The summed E-state index contributed by atoms with van der Waals surface area (Å²) in [7, 11) is 0. The van der Waals surface area contributed by atoms with Crippen LogP contribution in [0.2, 0.25) is 5.02 Å². The lowest BCUT2D eigenvalue weighted by molar-refractivity contribution is -0.116. The van der Waals surface area contributed by atoms with Crippen LogP contribution < -0.4 is 10.6 Å². The largest absolute Gasteiger partial charge is 0.343 e. The molecular formula is C20H17ClN4O3. The minimum atomic E-state index is -0.298. The molecule has 0 saturated heterocycles. The van der Waals surface area contributed by atoms with Crippen LogP contribution in [0.15, 0.2) is 59.1 Å². The number of hydrogen-bond donors (Lipinski definition) is 2. The first-order valence-electron chi connectivity index (χ1n) is 8.42. The highest BCUT2D eigenvalue weighted by Gasteiger charge is 2.09. The quantitative estimate of drug-likeness (QED) is 0.619. The van der Waals surface area contributed by atoms with Crippen molar-refractivity contribution in [1.29, 1.82) is 0 Å². The lowest BCUT2D eigenvalue weighted by atomic mass is 10.2. The molecule has 7 nitrogen and oxygen atoms in total. The Kier molecular flexibility index (Phi) is 6.18. The molecule has 2 aromatic carbocycles. The van der Waals surface area contributed by atoms with Crippen molar-refractivity contribution in [3.63, 3.8) is 0 Å². The lowest BCUT2D eigenvalue weighted by Crippen LogP contribution is -2.20. The van der Waals surface area contributed by atoms with E-state index in [0.29, 0.717) is 16.5 Å². The summed E-state index contributed by atoms with van der Waals surface area (Å²) in [5.41, 5.74) is 2.25. The first kappa shape index (κ1) is 19.3. The first-order chi connectivity index (χ1) is 13.5. The van der Waals surface area contributed by atoms with Gasteiger partial charge in [0.15, 0.2) is 0 Å². The van der Waals surface area contributed by atoms with Gasteiger partial charge in [-0.25, -0.2) is 0 Å². The number of rotatable bonds is 6. The standard InChI is InChI=1S/C20H17ClN4O3/c1-13(26)23-17-8-5-14(6-9-17)7-10-18(27)22-12-19-24-20(25-28-19)15-3-2-4-16(21)11-15/h2-11H,12H2,1H3,(H,22,27)(H,23,26). The predicted molar refractivity (Wildman–Crippen MR) is 106 cm³/mol. The van der Waals surface area contributed by atoms with Gasteiger partial charge >= 0.3 is 0 Å². The minimum Gasteiger partial charge on any atom is -0.343 e. The number of aromatic nitrogens is 2. The molecule has 142 valence electrons. The van der Waals surface area contributed by atoms with E-state index in [1.807, 2.05) is 6.07 Å². The Labute approximate surface area is 166 Å². The second-order valence-corrected chi connectivity index (χ2v) is 6.31. The van der Waals surface area contributed by atoms with Gasteiger partial charge in [0, 0.05) is 29.3 Å². The summed E-state index contributed by atoms with van der Waals surface area (Å²) >= 11 is 5.95. The van der Waals surface area contributed by atoms with Crippen molar-refractivity contribution in [1.82, 2.24) is 15.5 Å². The van der Waals surface area contributed by atoms with Crippen LogP contribution in [0.1, 0.15) is 18.4 Å². The van der Waals surface area contributed by atoms with Crippen molar-refractivity contribution in [2.75, 3.05) is 5.32 Å². The van der Waals surface area contributed by atoms with Gasteiger partial charge in [0.25, 0.3) is 0 Å². The molecule has 0 aliphatic carbocycles. The van der Waals surface area contributed by atoms with Crippen molar-refractivity contribution >= 4 is 35.2 Å². The molecule has 0 bridgehead atoms. The minimum absolute atomic E-state index is 0.109. The van der Waals surface area contributed by atoms with E-state index in [4.69, 9.17) is 16.1 Å². The zero-order valence-electron chi connectivity index (χ0n) is 15.0. The fourth-order valence-electron chi connectivity index (χ4n) is 2.35. The van der Waals surface area contributed by atoms with E-state index in [9.17, 15) is 9.59 Å². The number of nitrogens with one attached hydrogen (secondary N) is 2. The smallest absolute Gasteiger partial charge is 0.246 e. The molecule has 0 unspecified atom stereocenters. The molecule has 28 heavy (non-hydrogen) atoms. The zero-order chi connectivity index (χ0) is 19.9. The lowest BCUT2D eigenvalue weighted by Gasteiger charge is -2.01. The number of amides is 2. The zero-order valence-corrected chi connectivity index (χ0v) is 15.7. The Morgan fingerprint density at radius 1 is 1.18 bits per heavy atom. The van der Waals surface area contributed by atoms with Crippen LogP contribution in [0.4, 0.5) is 5.69 Å². The molecule has 1 aromatic heterocycles. The number of anilines is 1. The summed E-state index contributed by atoms with van der Waals surface area (Å²) in [5.74, 6) is 0.258. The van der Waals surface area contributed by atoms with Gasteiger partial charge in [-0.1, -0.05) is 41.0 Å². The summed E-state index contributed by atoms with van der Waals surface area (Å²) < 4.78 is 5.14. The Morgan fingerprint density at radius 3 is 2.68 bits per heavy atom. The fourth-order valence-corrected chi connectivity index (χ4v) is 2.54. The van der Waals surface area contributed by atoms with Gasteiger partial charge in [-0.3, -0.25) is 9.59 Å². The highest BCUT2D eigenvalue weighted by atomic mass is 35.5. The van der Waals surface area contributed by atoms with E-state index in [1.54, 1.807) is 48.5 Å². The van der Waals surface area contributed by atoms with Crippen molar-refractivity contribution in [2.24, 2.45) is 0 Å². The number of hydrogen-bond acceptors (Lipinski definition) is 5. The van der Waals surface area contributed by atoms with Crippen molar-refractivity contribution < 1.29 is 14.1 Å². The molecule has 3 rings (SSSR count). The number of carbonyl (C=O) groups excluding carboxylic acids is 2. The molecule has 8 heteroatoms. The number of carbonyl (C=O) groups is 2. The summed E-state index contributed by atoms with van der Waals surface area (Å²) in [6.07, 6.45) is 3.07. The van der Waals surface area contributed by atoms with Crippen LogP contribution in [0.25, 0.3) is 17.5 Å². The third-order valence-electron chi connectivity index (χ3n) is 3.62. The van der Waals surface area contributed by atoms with Crippen LogP contribution in [-0.2, 0) is 16.1 Å². The van der Waals surface area contributed by atoms with E-state index in [-0.39, 0.29) is 24.2 Å². The van der Waals surface area contributed by atoms with Gasteiger partial charge in [-0.05, 0) is 35.9 Å². The SMILES string of the molecule is CC(=O)Nc1ccc(C=CC(=O)NCc2nc(-c3cccc(Cl)c3)no2)cc1. The van der Waals surface area contributed by atoms with Gasteiger partial charge in [-0.2, -0.15) is 4.98 Å². The molecule has 0 saturated carbocycles. The van der Waals surface area contributed by atoms with Gasteiger partial charge in [0.05, 0.1) is 6.54 Å². The highest BCUT2D eigenvalue weighted by Crippen LogP contribution is 2.19. The second kappa shape index (κ2) is 8.96. The molecule has 0 aliphatic rings. The van der Waals surface area contributed by atoms with E-state index in [2.05, 4.69) is 20.8 Å². The van der Waals surface area contributed by atoms with E-state index in [1.165, 1.54) is 13.0 Å². The second-order valence-electron chi connectivity index (χ2n) is 5.88. The van der Waals surface area contributed by atoms with E-state index >= 15 is 0 Å². The molecule has 0 aliphatic heterocycles. The average molecular weight is 397 g/mol. The summed E-state index contributed by atoms with van der Waals surface area (Å²) in [4.78, 5) is 27.2. The van der Waals surface area contributed by atoms with Crippen LogP contribution >= 0.6 is 11.6 Å². The van der Waals surface area contributed by atoms with Gasteiger partial charge in [0.2, 0.25) is 23.5 Å². The Hall–Kier alpha value is -3.45. The fraction of sp³-hybridized carbons (Fsp3) is 0.100. The first-order valence-corrected chi connectivity index (χ1v) is 8.79. The van der Waals surface area contributed by atoms with Crippen LogP contribution in [0.3, 0.4) is 0 Å². The number of halogens is 1. The molecule has 0 fully saturated rings. The van der Waals surface area contributed by atoms with Crippen LogP contribution in [0.5, 0.6) is 0 Å². The molecule has 0 spiro atoms. The van der Waals surface area contributed by atoms with Gasteiger partial charge in [0.1, 0.15) is 0 Å². The summed E-state index contributed by atoms with van der Waals surface area (Å²) in [6.45, 7) is 1.55. The van der Waals surface area contributed by atoms with E-state index in [0.717, 1.165) is 11.1 Å². The topological polar surface area (TPSA) is 97.1 Å². The van der Waals surface area contributed by atoms with Gasteiger partial charge in [-0.15, -0.1) is 0 Å². The highest BCUT2D eigenvalue weighted by molar-refractivity contribution is 6.30. The number of nitrogens with zero attached hydrogens (tertiary/aromatic N) is 2. The monoisotopic (exact) mass is 396 g/mol. The summed E-state index contributed by atoms with van der Waals surface area (Å²) in [6, 6.07) is 14.2. The maximum atomic E-state index is 12.0. The molecule has 2 N–H and O–H groups in total. The maximum absolute atomic E-state index is 12.0. The van der Waals surface area contributed by atoms with Crippen LogP contribution in [-0.4, -0.2) is 22.0 Å². The predicted octanol–water partition coefficient (Wildman–Crippen LogP) is 3.68. The average Bonchev–Trinajstić information content (AvgIpc) is 3.14. The molecule has 1 heterocycles.